The minimum Gasteiger partial charge on any atom is -0.478 e. The van der Waals surface area contributed by atoms with Crippen molar-refractivity contribution >= 4 is 23.3 Å². The first kappa shape index (κ1) is 14.7. The van der Waals surface area contributed by atoms with Gasteiger partial charge in [0, 0.05) is 17.2 Å². The molecule has 0 atom stereocenters. The molecule has 1 N–H and O–H groups in total. The zero-order valence-corrected chi connectivity index (χ0v) is 11.0. The van der Waals surface area contributed by atoms with E-state index in [9.17, 15) is 19.3 Å². The van der Waals surface area contributed by atoms with E-state index in [1.165, 1.54) is 18.2 Å². The van der Waals surface area contributed by atoms with Crippen LogP contribution in [-0.2, 0) is 0 Å². The zero-order chi connectivity index (χ0) is 15.6. The third-order valence-electron chi connectivity index (χ3n) is 2.47. The Morgan fingerprint density at radius 1 is 1.29 bits per heavy atom. The maximum absolute atomic E-state index is 13.3. The third-order valence-corrected chi connectivity index (χ3v) is 2.70. The van der Waals surface area contributed by atoms with Gasteiger partial charge in [-0.25, -0.2) is 9.18 Å². The number of carboxylic acids is 1. The summed E-state index contributed by atoms with van der Waals surface area (Å²) in [5.41, 5.74) is -0.713. The lowest BCUT2D eigenvalue weighted by Crippen LogP contribution is -2.00. The van der Waals surface area contributed by atoms with E-state index in [-0.39, 0.29) is 22.1 Å². The Bertz CT molecular complexity index is 734. The second kappa shape index (κ2) is 5.76. The number of non-ortho nitro benzene ring substituents is 1. The summed E-state index contributed by atoms with van der Waals surface area (Å²) in [7, 11) is 0. The first-order valence-corrected chi connectivity index (χ1v) is 5.90. The normalized spacial score (nSPS) is 10.2. The predicted molar refractivity (Wildman–Crippen MR) is 71.5 cm³/mol. The van der Waals surface area contributed by atoms with Gasteiger partial charge in [-0.05, 0) is 12.1 Å². The van der Waals surface area contributed by atoms with Crippen LogP contribution < -0.4 is 4.74 Å². The number of benzene rings is 2. The SMILES string of the molecule is O=C(O)c1ccc(Cl)cc1Oc1cc(F)cc([N+](=O)[O-])c1. The summed E-state index contributed by atoms with van der Waals surface area (Å²) in [6.45, 7) is 0. The molecule has 0 unspecified atom stereocenters. The fourth-order valence-corrected chi connectivity index (χ4v) is 1.76. The number of hydrogen-bond acceptors (Lipinski definition) is 4. The van der Waals surface area contributed by atoms with Crippen molar-refractivity contribution in [1.29, 1.82) is 0 Å². The number of nitro groups is 1. The molecule has 0 aliphatic carbocycles. The Hall–Kier alpha value is -2.67. The number of ether oxygens (including phenoxy) is 1. The van der Waals surface area contributed by atoms with Crippen molar-refractivity contribution in [3.8, 4) is 11.5 Å². The fourth-order valence-electron chi connectivity index (χ4n) is 1.60. The van der Waals surface area contributed by atoms with Crippen LogP contribution in [0.25, 0.3) is 0 Å². The van der Waals surface area contributed by atoms with E-state index in [0.717, 1.165) is 18.2 Å². The van der Waals surface area contributed by atoms with Crippen LogP contribution in [0.5, 0.6) is 11.5 Å². The summed E-state index contributed by atoms with van der Waals surface area (Å²) in [5.74, 6) is -2.49. The van der Waals surface area contributed by atoms with Crippen LogP contribution in [0.3, 0.4) is 0 Å². The van der Waals surface area contributed by atoms with Gasteiger partial charge in [0.2, 0.25) is 0 Å². The molecule has 0 heterocycles. The van der Waals surface area contributed by atoms with Crippen molar-refractivity contribution < 1.29 is 24.0 Å². The summed E-state index contributed by atoms with van der Waals surface area (Å²) in [6, 6.07) is 6.40. The number of aromatic carboxylic acids is 1. The summed E-state index contributed by atoms with van der Waals surface area (Å²) in [4.78, 5) is 20.9. The van der Waals surface area contributed by atoms with E-state index in [2.05, 4.69) is 0 Å². The van der Waals surface area contributed by atoms with Crippen molar-refractivity contribution in [2.24, 2.45) is 0 Å². The molecule has 2 aromatic rings. The largest absolute Gasteiger partial charge is 0.478 e. The summed E-state index contributed by atoms with van der Waals surface area (Å²) in [5, 5.41) is 19.9. The monoisotopic (exact) mass is 311 g/mol. The highest BCUT2D eigenvalue weighted by atomic mass is 35.5. The fraction of sp³-hybridized carbons (Fsp3) is 0. The average Bonchev–Trinajstić information content (AvgIpc) is 2.37. The molecule has 0 radical (unpaired) electrons. The van der Waals surface area contributed by atoms with Gasteiger partial charge in [-0.3, -0.25) is 10.1 Å². The molecule has 0 saturated carbocycles. The molecule has 0 spiro atoms. The van der Waals surface area contributed by atoms with Crippen molar-refractivity contribution in [2.75, 3.05) is 0 Å². The maximum atomic E-state index is 13.3. The van der Waals surface area contributed by atoms with Gasteiger partial charge in [-0.15, -0.1) is 0 Å². The minimum absolute atomic E-state index is 0.144. The second-order valence-electron chi connectivity index (χ2n) is 3.95. The van der Waals surface area contributed by atoms with Gasteiger partial charge in [-0.2, -0.15) is 0 Å². The smallest absolute Gasteiger partial charge is 0.339 e. The number of halogens is 2. The van der Waals surface area contributed by atoms with Crippen LogP contribution in [0.2, 0.25) is 5.02 Å². The first-order valence-electron chi connectivity index (χ1n) is 5.52. The maximum Gasteiger partial charge on any atom is 0.339 e. The molecule has 0 amide bonds. The van der Waals surface area contributed by atoms with Gasteiger partial charge in [0.25, 0.3) is 5.69 Å². The van der Waals surface area contributed by atoms with E-state index in [1.54, 1.807) is 0 Å². The molecule has 8 heteroatoms. The Kier molecular flexibility index (Phi) is 4.04. The molecule has 0 aliphatic rings. The molecule has 0 bridgehead atoms. The Morgan fingerprint density at radius 2 is 2.00 bits per heavy atom. The molecule has 0 aromatic heterocycles. The molecule has 0 fully saturated rings. The van der Waals surface area contributed by atoms with Crippen molar-refractivity contribution in [1.82, 2.24) is 0 Å². The third kappa shape index (κ3) is 3.46. The van der Waals surface area contributed by atoms with Crippen molar-refractivity contribution in [3.05, 3.63) is 62.9 Å². The van der Waals surface area contributed by atoms with Crippen molar-refractivity contribution in [2.45, 2.75) is 0 Å². The Balaban J connectivity index is 2.45. The highest BCUT2D eigenvalue weighted by Crippen LogP contribution is 2.31. The van der Waals surface area contributed by atoms with E-state index >= 15 is 0 Å². The number of rotatable bonds is 4. The lowest BCUT2D eigenvalue weighted by molar-refractivity contribution is -0.385. The van der Waals surface area contributed by atoms with E-state index in [4.69, 9.17) is 21.4 Å². The number of nitrogens with zero attached hydrogens (tertiary/aromatic N) is 1. The molecule has 6 nitrogen and oxygen atoms in total. The lowest BCUT2D eigenvalue weighted by atomic mass is 10.2. The zero-order valence-electron chi connectivity index (χ0n) is 10.2. The molecule has 2 rings (SSSR count). The van der Waals surface area contributed by atoms with Crippen LogP contribution >= 0.6 is 11.6 Å². The highest BCUT2D eigenvalue weighted by Gasteiger charge is 2.15. The average molecular weight is 312 g/mol. The summed E-state index contributed by atoms with van der Waals surface area (Å²) >= 11 is 5.75. The van der Waals surface area contributed by atoms with Crippen LogP contribution in [-0.4, -0.2) is 16.0 Å². The molecule has 21 heavy (non-hydrogen) atoms. The van der Waals surface area contributed by atoms with Gasteiger partial charge < -0.3 is 9.84 Å². The van der Waals surface area contributed by atoms with Gasteiger partial charge in [0.15, 0.2) is 0 Å². The standard InChI is InChI=1S/C13H7ClFNO5/c14-7-1-2-11(13(17)18)12(3-7)21-10-5-8(15)4-9(6-10)16(19)20/h1-6H,(H,17,18). The summed E-state index contributed by atoms with van der Waals surface area (Å²) < 4.78 is 18.5. The Labute approximate surface area is 122 Å². The number of carbonyl (C=O) groups is 1. The summed E-state index contributed by atoms with van der Waals surface area (Å²) in [6.07, 6.45) is 0. The quantitative estimate of drug-likeness (QED) is 0.683. The van der Waals surface area contributed by atoms with E-state index < -0.39 is 22.4 Å². The van der Waals surface area contributed by atoms with E-state index in [0.29, 0.717) is 0 Å². The number of nitro benzene ring substituents is 1. The molecule has 108 valence electrons. The topological polar surface area (TPSA) is 89.7 Å². The number of hydrogen-bond donors (Lipinski definition) is 1. The van der Waals surface area contributed by atoms with Crippen molar-refractivity contribution in [3.63, 3.8) is 0 Å². The second-order valence-corrected chi connectivity index (χ2v) is 4.39. The van der Waals surface area contributed by atoms with Crippen LogP contribution in [0.4, 0.5) is 10.1 Å². The molecular formula is C13H7ClFNO5. The first-order chi connectivity index (χ1) is 9.86. The highest BCUT2D eigenvalue weighted by molar-refractivity contribution is 6.30. The van der Waals surface area contributed by atoms with Crippen LogP contribution in [0.15, 0.2) is 36.4 Å². The molecular weight excluding hydrogens is 305 g/mol. The minimum atomic E-state index is -1.27. The van der Waals surface area contributed by atoms with Gasteiger partial charge in [0.1, 0.15) is 22.9 Å². The number of carboxylic acid groups (broad SMARTS) is 1. The molecule has 2 aromatic carbocycles. The molecule has 0 aliphatic heterocycles. The van der Waals surface area contributed by atoms with Crippen LogP contribution in [0.1, 0.15) is 10.4 Å². The van der Waals surface area contributed by atoms with Gasteiger partial charge in [-0.1, -0.05) is 11.6 Å². The van der Waals surface area contributed by atoms with Gasteiger partial charge >= 0.3 is 5.97 Å². The van der Waals surface area contributed by atoms with Crippen LogP contribution in [0, 0.1) is 15.9 Å². The predicted octanol–water partition coefficient (Wildman–Crippen LogP) is 3.88. The molecule has 0 saturated heterocycles. The van der Waals surface area contributed by atoms with Gasteiger partial charge in [0.05, 0.1) is 17.1 Å². The van der Waals surface area contributed by atoms with E-state index in [1.807, 2.05) is 0 Å². The Morgan fingerprint density at radius 3 is 2.62 bits per heavy atom. The lowest BCUT2D eigenvalue weighted by Gasteiger charge is -2.09.